The summed E-state index contributed by atoms with van der Waals surface area (Å²) in [7, 11) is 0. The van der Waals surface area contributed by atoms with Gasteiger partial charge in [0, 0.05) is 25.7 Å². The zero-order valence-corrected chi connectivity index (χ0v) is 18.4. The van der Waals surface area contributed by atoms with Gasteiger partial charge in [-0.3, -0.25) is 14.3 Å². The molecule has 1 aliphatic rings. The third kappa shape index (κ3) is 5.61. The molecular weight excluding hydrogens is 386 g/mol. The fraction of sp³-hybridized carbons (Fsp3) is 0.458. The Hall–Kier alpha value is -2.93. The van der Waals surface area contributed by atoms with Gasteiger partial charge in [-0.1, -0.05) is 36.4 Å². The zero-order chi connectivity index (χ0) is 21.3. The number of pyridine rings is 1. The first-order valence-corrected chi connectivity index (χ1v) is 11.4. The van der Waals surface area contributed by atoms with Crippen molar-refractivity contribution >= 4 is 11.6 Å². The lowest BCUT2D eigenvalue weighted by molar-refractivity contribution is 0.251. The van der Waals surface area contributed by atoms with E-state index in [0.717, 1.165) is 63.0 Å². The lowest BCUT2D eigenvalue weighted by Crippen LogP contribution is -2.39. The van der Waals surface area contributed by atoms with Gasteiger partial charge in [-0.2, -0.15) is 0 Å². The molecule has 7 heteroatoms. The average molecular weight is 420 g/mol. The molecule has 1 aromatic carbocycles. The molecule has 1 unspecified atom stereocenters. The summed E-state index contributed by atoms with van der Waals surface area (Å²) in [6.45, 7) is 6.87. The second-order valence-electron chi connectivity index (χ2n) is 7.96. The maximum atomic E-state index is 4.94. The molecule has 0 radical (unpaired) electrons. The standard InChI is InChI=1S/C24H33N7/c1-2-25-24(26-15-10-14-23-29-28-22-13-6-7-18-31(22)23)27-19-21(30-16-8-9-17-30)20-11-4-3-5-12-20/h3-7,11-13,18,21H,2,8-10,14-17,19H2,1H3,(H2,25,26,27). The normalized spacial score (nSPS) is 16.0. The van der Waals surface area contributed by atoms with Gasteiger partial charge in [-0.25, -0.2) is 0 Å². The molecule has 0 amide bonds. The van der Waals surface area contributed by atoms with Crippen molar-refractivity contribution < 1.29 is 0 Å². The number of hydrogen-bond donors (Lipinski definition) is 2. The van der Waals surface area contributed by atoms with E-state index in [1.54, 1.807) is 0 Å². The van der Waals surface area contributed by atoms with E-state index in [-0.39, 0.29) is 0 Å². The molecule has 0 bridgehead atoms. The van der Waals surface area contributed by atoms with E-state index in [1.807, 2.05) is 24.4 Å². The second kappa shape index (κ2) is 10.9. The first kappa shape index (κ1) is 21.3. The summed E-state index contributed by atoms with van der Waals surface area (Å²) in [5.41, 5.74) is 2.25. The van der Waals surface area contributed by atoms with Crippen molar-refractivity contribution in [1.82, 2.24) is 30.1 Å². The van der Waals surface area contributed by atoms with Crippen LogP contribution >= 0.6 is 0 Å². The molecule has 0 aliphatic carbocycles. The van der Waals surface area contributed by atoms with Crippen LogP contribution < -0.4 is 10.6 Å². The second-order valence-corrected chi connectivity index (χ2v) is 7.96. The molecule has 1 atom stereocenters. The van der Waals surface area contributed by atoms with E-state index in [4.69, 9.17) is 4.99 Å². The number of fused-ring (bicyclic) bond motifs is 1. The summed E-state index contributed by atoms with van der Waals surface area (Å²) in [6, 6.07) is 17.1. The Labute approximate surface area is 184 Å². The Bertz CT molecular complexity index is 960. The molecule has 164 valence electrons. The topological polar surface area (TPSA) is 69.8 Å². The minimum atomic E-state index is 0.335. The van der Waals surface area contributed by atoms with Crippen LogP contribution in [0.1, 0.15) is 43.6 Å². The molecule has 0 saturated carbocycles. The third-order valence-electron chi connectivity index (χ3n) is 5.79. The first-order chi connectivity index (χ1) is 15.3. The van der Waals surface area contributed by atoms with Crippen LogP contribution in [0.2, 0.25) is 0 Å². The maximum Gasteiger partial charge on any atom is 0.191 e. The molecule has 3 heterocycles. The zero-order valence-electron chi connectivity index (χ0n) is 18.4. The van der Waals surface area contributed by atoms with Crippen LogP contribution in [0.25, 0.3) is 5.65 Å². The number of benzene rings is 1. The van der Waals surface area contributed by atoms with E-state index >= 15 is 0 Å². The average Bonchev–Trinajstić information content (AvgIpc) is 3.48. The summed E-state index contributed by atoms with van der Waals surface area (Å²) >= 11 is 0. The molecule has 4 rings (SSSR count). The van der Waals surface area contributed by atoms with Gasteiger partial charge in [-0.05, 0) is 57.0 Å². The van der Waals surface area contributed by atoms with Crippen molar-refractivity contribution in [3.8, 4) is 0 Å². The smallest absolute Gasteiger partial charge is 0.191 e. The Morgan fingerprint density at radius 1 is 1.03 bits per heavy atom. The molecule has 7 nitrogen and oxygen atoms in total. The minimum Gasteiger partial charge on any atom is -0.357 e. The monoisotopic (exact) mass is 419 g/mol. The van der Waals surface area contributed by atoms with Gasteiger partial charge in [0.1, 0.15) is 5.82 Å². The predicted octanol–water partition coefficient (Wildman–Crippen LogP) is 3.05. The fourth-order valence-corrected chi connectivity index (χ4v) is 4.19. The summed E-state index contributed by atoms with van der Waals surface area (Å²) in [6.07, 6.45) is 6.42. The number of likely N-dealkylation sites (tertiary alicyclic amines) is 1. The summed E-state index contributed by atoms with van der Waals surface area (Å²) in [4.78, 5) is 7.51. The lowest BCUT2D eigenvalue weighted by Gasteiger charge is -2.27. The van der Waals surface area contributed by atoms with Gasteiger partial charge >= 0.3 is 0 Å². The van der Waals surface area contributed by atoms with Gasteiger partial charge in [0.25, 0.3) is 0 Å². The van der Waals surface area contributed by atoms with E-state index in [1.165, 1.54) is 18.4 Å². The first-order valence-electron chi connectivity index (χ1n) is 11.4. The number of rotatable bonds is 9. The highest BCUT2D eigenvalue weighted by Gasteiger charge is 2.23. The fourth-order valence-electron chi connectivity index (χ4n) is 4.19. The number of aliphatic imine (C=N–C) groups is 1. The summed E-state index contributed by atoms with van der Waals surface area (Å²) in [5.74, 6) is 1.88. The molecule has 1 fully saturated rings. The molecular formula is C24H33N7. The van der Waals surface area contributed by atoms with Crippen LogP contribution in [0.5, 0.6) is 0 Å². The molecule has 3 aromatic rings. The van der Waals surface area contributed by atoms with Crippen LogP contribution in [-0.2, 0) is 6.42 Å². The van der Waals surface area contributed by atoms with Gasteiger partial charge < -0.3 is 10.6 Å². The molecule has 2 aromatic heterocycles. The van der Waals surface area contributed by atoms with Crippen LogP contribution in [0.4, 0.5) is 0 Å². The van der Waals surface area contributed by atoms with Crippen molar-refractivity contribution in [3.63, 3.8) is 0 Å². The Kier molecular flexibility index (Phi) is 7.50. The third-order valence-corrected chi connectivity index (χ3v) is 5.79. The van der Waals surface area contributed by atoms with Crippen molar-refractivity contribution in [2.24, 2.45) is 4.99 Å². The van der Waals surface area contributed by atoms with Crippen LogP contribution in [0.3, 0.4) is 0 Å². The molecule has 0 spiro atoms. The summed E-state index contributed by atoms with van der Waals surface area (Å²) in [5, 5.41) is 15.4. The number of aromatic nitrogens is 3. The van der Waals surface area contributed by atoms with Crippen LogP contribution in [-0.4, -0.2) is 58.2 Å². The molecule has 2 N–H and O–H groups in total. The van der Waals surface area contributed by atoms with Crippen LogP contribution in [0.15, 0.2) is 59.7 Å². The Morgan fingerprint density at radius 3 is 2.65 bits per heavy atom. The van der Waals surface area contributed by atoms with E-state index in [2.05, 4.69) is 67.4 Å². The number of nitrogens with zero attached hydrogens (tertiary/aromatic N) is 5. The number of guanidine groups is 1. The quantitative estimate of drug-likeness (QED) is 0.317. The summed E-state index contributed by atoms with van der Waals surface area (Å²) < 4.78 is 2.06. The lowest BCUT2D eigenvalue weighted by atomic mass is 10.1. The molecule has 1 aliphatic heterocycles. The van der Waals surface area contributed by atoms with E-state index in [0.29, 0.717) is 6.04 Å². The SMILES string of the molecule is CCNC(=NCC(c1ccccc1)N1CCCC1)NCCCc1nnc2ccccn12. The highest BCUT2D eigenvalue weighted by molar-refractivity contribution is 5.79. The van der Waals surface area contributed by atoms with E-state index in [9.17, 15) is 0 Å². The molecule has 1 saturated heterocycles. The van der Waals surface area contributed by atoms with Gasteiger partial charge in [-0.15, -0.1) is 10.2 Å². The minimum absolute atomic E-state index is 0.335. The van der Waals surface area contributed by atoms with E-state index < -0.39 is 0 Å². The number of nitrogens with one attached hydrogen (secondary N) is 2. The van der Waals surface area contributed by atoms with Gasteiger partial charge in [0.2, 0.25) is 0 Å². The Balaban J connectivity index is 1.34. The predicted molar refractivity (Wildman–Crippen MR) is 125 cm³/mol. The van der Waals surface area contributed by atoms with Gasteiger partial charge in [0.05, 0.1) is 12.6 Å². The maximum absolute atomic E-state index is 4.94. The van der Waals surface area contributed by atoms with Crippen LogP contribution in [0, 0.1) is 0 Å². The van der Waals surface area contributed by atoms with Crippen molar-refractivity contribution in [2.75, 3.05) is 32.7 Å². The Morgan fingerprint density at radius 2 is 1.84 bits per heavy atom. The molecule has 31 heavy (non-hydrogen) atoms. The number of aryl methyl sites for hydroxylation is 1. The van der Waals surface area contributed by atoms with Crippen molar-refractivity contribution in [2.45, 2.75) is 38.6 Å². The highest BCUT2D eigenvalue weighted by atomic mass is 15.2. The van der Waals surface area contributed by atoms with Gasteiger partial charge in [0.15, 0.2) is 11.6 Å². The highest BCUT2D eigenvalue weighted by Crippen LogP contribution is 2.25. The number of hydrogen-bond acceptors (Lipinski definition) is 4. The van der Waals surface area contributed by atoms with Crippen molar-refractivity contribution in [3.05, 3.63) is 66.1 Å². The largest absolute Gasteiger partial charge is 0.357 e. The van der Waals surface area contributed by atoms with Crippen molar-refractivity contribution in [1.29, 1.82) is 0 Å².